The highest BCUT2D eigenvalue weighted by Gasteiger charge is 2.27. The number of primary amides is 4. The fourth-order valence-electron chi connectivity index (χ4n) is 16.3. The van der Waals surface area contributed by atoms with E-state index in [9.17, 15) is 39.6 Å². The number of nitrogens with two attached hydrogens (primary N) is 4. The van der Waals surface area contributed by atoms with Gasteiger partial charge in [-0.3, -0.25) is 19.2 Å². The zero-order valence-electron chi connectivity index (χ0n) is 67.9. The monoisotopic (exact) mass is 1650 g/mol. The van der Waals surface area contributed by atoms with Gasteiger partial charge in [0.25, 0.3) is 23.6 Å². The summed E-state index contributed by atoms with van der Waals surface area (Å²) >= 11 is 8.11. The molecular formula is C102H107ClN8O9S. The summed E-state index contributed by atoms with van der Waals surface area (Å²) in [5.74, 6) is -0.285. The molecule has 0 aliphatic heterocycles. The van der Waals surface area contributed by atoms with E-state index in [1.807, 2.05) is 194 Å². The Hall–Kier alpha value is -12.0. The van der Waals surface area contributed by atoms with Gasteiger partial charge in [-0.05, 0) is 268 Å². The smallest absolute Gasteiger partial charge is 0.250 e. The van der Waals surface area contributed by atoms with Gasteiger partial charge in [0.15, 0.2) is 0 Å². The van der Waals surface area contributed by atoms with E-state index < -0.39 is 23.6 Å². The molecule has 4 fully saturated rings. The molecule has 0 radical (unpaired) electrons. The van der Waals surface area contributed by atoms with Crippen molar-refractivity contribution in [2.75, 3.05) is 21.3 Å². The first kappa shape index (κ1) is 86.8. The van der Waals surface area contributed by atoms with Gasteiger partial charge < -0.3 is 69.4 Å². The van der Waals surface area contributed by atoms with Crippen LogP contribution in [0.2, 0.25) is 5.02 Å². The van der Waals surface area contributed by atoms with Crippen LogP contribution in [0.25, 0.3) is 44.5 Å². The van der Waals surface area contributed by atoms with Crippen molar-refractivity contribution < 1.29 is 44.3 Å². The van der Waals surface area contributed by atoms with E-state index in [0.29, 0.717) is 22.3 Å². The molecule has 4 aliphatic rings. The maximum absolute atomic E-state index is 12.0. The average molecular weight is 1660 g/mol. The first-order chi connectivity index (χ1) is 58.8. The zero-order chi connectivity index (χ0) is 84.6. The van der Waals surface area contributed by atoms with E-state index in [-0.39, 0.29) is 48.6 Å². The second-order valence-corrected chi connectivity index (χ2v) is 33.2. The first-order valence-corrected chi connectivity index (χ1v) is 43.1. The van der Waals surface area contributed by atoms with Crippen LogP contribution in [0, 0.1) is 0 Å². The zero-order valence-corrected chi connectivity index (χ0v) is 69.5. The van der Waals surface area contributed by atoms with Crippen LogP contribution < -0.4 is 48.9 Å². The highest BCUT2D eigenvalue weighted by Crippen LogP contribution is 2.41. The number of anilines is 4. The van der Waals surface area contributed by atoms with Crippen LogP contribution >= 0.6 is 23.4 Å². The summed E-state index contributed by atoms with van der Waals surface area (Å²) < 4.78 is 6.10. The van der Waals surface area contributed by atoms with Crippen LogP contribution in [0.4, 0.5) is 22.7 Å². The number of carbonyl (C=O) groups excluding carboxylic acids is 4. The van der Waals surface area contributed by atoms with Crippen molar-refractivity contribution in [1.29, 1.82) is 0 Å². The van der Waals surface area contributed by atoms with Gasteiger partial charge in [-0.1, -0.05) is 217 Å². The molecule has 0 aromatic heterocycles. The number of hydrogen-bond donors (Lipinski definition) is 12. The largest absolute Gasteiger partial charge is 0.457 e. The number of aliphatic hydroxyl groups excluding tert-OH is 4. The fourth-order valence-corrected chi connectivity index (χ4v) is 17.5. The molecule has 0 bridgehead atoms. The highest BCUT2D eigenvalue weighted by molar-refractivity contribution is 7.99. The summed E-state index contributed by atoms with van der Waals surface area (Å²) in [6.07, 6.45) is 13.8. The minimum Gasteiger partial charge on any atom is -0.457 e. The molecule has 4 amide bonds. The number of halogens is 1. The van der Waals surface area contributed by atoms with Crippen LogP contribution in [0.3, 0.4) is 0 Å². The third-order valence-corrected chi connectivity index (χ3v) is 24.4. The molecular weight excluding hydrogens is 1550 g/mol. The van der Waals surface area contributed by atoms with Gasteiger partial charge in [0.1, 0.15) is 11.5 Å². The van der Waals surface area contributed by atoms with Crippen LogP contribution in [0.15, 0.2) is 295 Å². The normalized spacial score (nSPS) is 18.6. The van der Waals surface area contributed by atoms with E-state index in [4.69, 9.17) is 39.3 Å². The third-order valence-electron chi connectivity index (χ3n) is 22.9. The highest BCUT2D eigenvalue weighted by atomic mass is 35.5. The molecule has 0 unspecified atom stereocenters. The third kappa shape index (κ3) is 24.4. The summed E-state index contributed by atoms with van der Waals surface area (Å²) in [4.78, 5) is 50.4. The summed E-state index contributed by atoms with van der Waals surface area (Å²) in [5, 5.41) is 53.9. The minimum atomic E-state index is -0.464. The van der Waals surface area contributed by atoms with E-state index >= 15 is 0 Å². The second-order valence-electron chi connectivity index (χ2n) is 31.7. The van der Waals surface area contributed by atoms with Gasteiger partial charge >= 0.3 is 0 Å². The molecule has 0 atom stereocenters. The van der Waals surface area contributed by atoms with Gasteiger partial charge in [-0.2, -0.15) is 0 Å². The van der Waals surface area contributed by atoms with E-state index in [1.165, 1.54) is 16.0 Å². The SMILES string of the molecule is NC(=O)c1ccc(-c2ccccc2Cc2ccccc2)cc1NC1CCC(O)CC1.NC(=O)c1ccc(-c2ccccc2Cc2ccccc2Cl)cc1NC1CCC(O)CC1.NC(=O)c1ccc(-c2ccccc2Oc2ccccc2)cc1NC1CCC(O)CC1.NC(=O)c1ccc(-c2ccccc2Sc2ccccc2)cc1NC1CCC(O)CC1. The van der Waals surface area contributed by atoms with Gasteiger partial charge in [-0.15, -0.1) is 0 Å². The molecule has 0 spiro atoms. The lowest BCUT2D eigenvalue weighted by Gasteiger charge is -2.28. The van der Waals surface area contributed by atoms with Gasteiger partial charge in [-0.25, -0.2) is 0 Å². The van der Waals surface area contributed by atoms with Gasteiger partial charge in [0, 0.05) is 67.3 Å². The molecule has 4 saturated carbocycles. The summed E-state index contributed by atoms with van der Waals surface area (Å²) in [6, 6.07) is 94.8. The Balaban J connectivity index is 0.000000139. The number of rotatable bonds is 24. The number of ether oxygens (including phenoxy) is 1. The number of carbonyl (C=O) groups is 4. The fraction of sp³-hybridized carbons (Fsp3) is 0.255. The van der Waals surface area contributed by atoms with Crippen molar-refractivity contribution in [3.63, 3.8) is 0 Å². The quantitative estimate of drug-likeness (QED) is 0.0268. The van der Waals surface area contributed by atoms with Crippen molar-refractivity contribution in [2.24, 2.45) is 22.9 Å². The Kier molecular flexibility index (Phi) is 30.7. The van der Waals surface area contributed by atoms with Crippen LogP contribution in [-0.4, -0.2) is 92.6 Å². The molecule has 16 N–H and O–H groups in total. The molecule has 12 aromatic carbocycles. The standard InChI is InChI=1S/C26H27ClN2O2.C26H28N2O2.C25H26N2O3.C25H26N2O2S/c27-24-8-4-2-6-19(24)15-17-5-1-3-7-22(17)18-9-14-23(26(28)31)25(16-18)29-20-10-12-21(30)13-11-20;27-26(30)24-15-10-20(17-25(24)28-21-11-13-22(29)14-12-21)23-9-5-4-8-19(23)16-18-6-2-1-3-7-18;2*26-25(29)22-15-10-17(16-23(22)27-18-11-13-19(28)14-12-18)21-8-4-5-9-24(21)30-20-6-2-1-3-7-20/h1-9,14,16,20-21,29-30H,10-13,15H2,(H2,28,31);1-10,15,17,21-22,28-29H,11-14,16H2,(H2,27,30);2*1-10,15-16,18-19,27-28H,11-14H2,(H2,26,29). The van der Waals surface area contributed by atoms with Crippen LogP contribution in [0.1, 0.15) is 166 Å². The van der Waals surface area contributed by atoms with Crippen LogP contribution in [-0.2, 0) is 12.8 Å². The minimum absolute atomic E-state index is 0.206. The summed E-state index contributed by atoms with van der Waals surface area (Å²) in [6.45, 7) is 0. The first-order valence-electron chi connectivity index (χ1n) is 41.9. The Morgan fingerprint density at radius 3 is 1.02 bits per heavy atom. The number of aliphatic hydroxyl groups is 4. The lowest BCUT2D eigenvalue weighted by molar-refractivity contribution is 0.0992. The van der Waals surface area contributed by atoms with Gasteiger partial charge in [0.2, 0.25) is 0 Å². The lowest BCUT2D eigenvalue weighted by Crippen LogP contribution is -2.29. The van der Waals surface area contributed by atoms with Crippen molar-refractivity contribution in [1.82, 2.24) is 0 Å². The molecule has 0 heterocycles. The Morgan fingerprint density at radius 1 is 0.322 bits per heavy atom. The predicted octanol–water partition coefficient (Wildman–Crippen LogP) is 20.5. The molecule has 16 rings (SSSR count). The van der Waals surface area contributed by atoms with Crippen molar-refractivity contribution in [3.05, 3.63) is 335 Å². The maximum Gasteiger partial charge on any atom is 0.250 e. The second kappa shape index (κ2) is 42.8. The van der Waals surface area contributed by atoms with E-state index in [0.717, 1.165) is 215 Å². The molecule has 622 valence electrons. The Bertz CT molecular complexity index is 5060. The molecule has 12 aromatic rings. The molecule has 121 heavy (non-hydrogen) atoms. The molecule has 4 aliphatic carbocycles. The van der Waals surface area contributed by atoms with E-state index in [1.54, 1.807) is 23.9 Å². The number of para-hydroxylation sites is 2. The number of nitrogens with one attached hydrogen (secondary N) is 4. The summed E-state index contributed by atoms with van der Waals surface area (Å²) in [5.41, 5.74) is 40.6. The van der Waals surface area contributed by atoms with E-state index in [2.05, 4.69) is 100 Å². The number of hydrogen-bond acceptors (Lipinski definition) is 14. The maximum atomic E-state index is 12.0. The van der Waals surface area contributed by atoms with Crippen molar-refractivity contribution >= 4 is 69.7 Å². The van der Waals surface area contributed by atoms with Crippen molar-refractivity contribution in [3.8, 4) is 56.0 Å². The average Bonchev–Trinajstić information content (AvgIpc) is 0.817. The Labute approximate surface area is 718 Å². The van der Waals surface area contributed by atoms with Gasteiger partial charge in [0.05, 0.1) is 46.7 Å². The molecule has 19 heteroatoms. The topological polar surface area (TPSA) is 311 Å². The number of amides is 4. The summed E-state index contributed by atoms with van der Waals surface area (Å²) in [7, 11) is 0. The van der Waals surface area contributed by atoms with Crippen LogP contribution in [0.5, 0.6) is 11.5 Å². The predicted molar refractivity (Wildman–Crippen MR) is 490 cm³/mol. The lowest BCUT2D eigenvalue weighted by atomic mass is 9.91. The molecule has 17 nitrogen and oxygen atoms in total. The molecule has 0 saturated heterocycles. The van der Waals surface area contributed by atoms with Crippen molar-refractivity contribution in [2.45, 2.75) is 174 Å². The Morgan fingerprint density at radius 2 is 0.628 bits per heavy atom. The number of benzene rings is 12.